The molecule has 1 aliphatic carbocycles. The fourth-order valence-electron chi connectivity index (χ4n) is 1.12. The van der Waals surface area contributed by atoms with E-state index in [9.17, 15) is 13.2 Å². The van der Waals surface area contributed by atoms with Crippen LogP contribution >= 0.6 is 22.9 Å². The Bertz CT molecular complexity index is 345. The number of hydrogen-bond donors (Lipinski definition) is 1. The largest absolute Gasteiger partial charge is 0.411 e. The van der Waals surface area contributed by atoms with Gasteiger partial charge in [0.2, 0.25) is 0 Å². The average Bonchev–Trinajstić information content (AvgIpc) is 2.71. The van der Waals surface area contributed by atoms with Gasteiger partial charge in [0.1, 0.15) is 10.7 Å². The van der Waals surface area contributed by atoms with E-state index in [-0.39, 0.29) is 23.1 Å². The molecule has 2 rings (SSSR count). The SMILES string of the molecule is FC(F)(F)C1(Nc2nc(Cl)cs2)CC1. The Hall–Kier alpha value is -0.490. The predicted octanol–water partition coefficient (Wildman–Crippen LogP) is 3.30. The van der Waals surface area contributed by atoms with Crippen molar-refractivity contribution < 1.29 is 13.2 Å². The molecule has 1 heterocycles. The normalized spacial score (nSPS) is 19.4. The second-order valence-corrected chi connectivity index (χ2v) is 4.43. The molecule has 0 aliphatic heterocycles. The molecule has 1 aromatic rings. The van der Waals surface area contributed by atoms with Crippen molar-refractivity contribution in [2.45, 2.75) is 24.6 Å². The Balaban J connectivity index is 2.12. The third kappa shape index (κ3) is 1.68. The van der Waals surface area contributed by atoms with Gasteiger partial charge < -0.3 is 5.32 Å². The van der Waals surface area contributed by atoms with Crippen LogP contribution in [0.15, 0.2) is 5.38 Å². The highest BCUT2D eigenvalue weighted by atomic mass is 35.5. The Labute approximate surface area is 87.1 Å². The summed E-state index contributed by atoms with van der Waals surface area (Å²) in [6.45, 7) is 0. The molecule has 0 unspecified atom stereocenters. The quantitative estimate of drug-likeness (QED) is 0.861. The Morgan fingerprint density at radius 1 is 1.50 bits per heavy atom. The molecule has 1 aliphatic rings. The molecule has 0 amide bonds. The van der Waals surface area contributed by atoms with Gasteiger partial charge in [0, 0.05) is 5.38 Å². The highest BCUT2D eigenvalue weighted by Crippen LogP contribution is 2.51. The molecular weight excluding hydrogens is 237 g/mol. The molecule has 1 fully saturated rings. The van der Waals surface area contributed by atoms with Crippen LogP contribution in [0.3, 0.4) is 0 Å². The van der Waals surface area contributed by atoms with Crippen LogP contribution in [0.4, 0.5) is 18.3 Å². The molecular formula is C7H6ClF3N2S. The van der Waals surface area contributed by atoms with E-state index in [2.05, 4.69) is 10.3 Å². The van der Waals surface area contributed by atoms with Crippen molar-refractivity contribution in [2.75, 3.05) is 5.32 Å². The number of alkyl halides is 3. The van der Waals surface area contributed by atoms with Crippen molar-refractivity contribution in [3.8, 4) is 0 Å². The number of halogens is 4. The van der Waals surface area contributed by atoms with Gasteiger partial charge in [-0.25, -0.2) is 4.98 Å². The number of anilines is 1. The van der Waals surface area contributed by atoms with E-state index in [0.717, 1.165) is 11.3 Å². The lowest BCUT2D eigenvalue weighted by molar-refractivity contribution is -0.151. The molecule has 14 heavy (non-hydrogen) atoms. The first-order chi connectivity index (χ1) is 6.43. The van der Waals surface area contributed by atoms with Crippen molar-refractivity contribution >= 4 is 28.1 Å². The number of hydrogen-bond acceptors (Lipinski definition) is 3. The molecule has 1 saturated carbocycles. The summed E-state index contributed by atoms with van der Waals surface area (Å²) in [5.41, 5.74) is -1.76. The molecule has 1 aromatic heterocycles. The van der Waals surface area contributed by atoms with Crippen LogP contribution in [0.25, 0.3) is 0 Å². The number of aromatic nitrogens is 1. The van der Waals surface area contributed by atoms with Gasteiger partial charge in [-0.05, 0) is 12.8 Å². The van der Waals surface area contributed by atoms with Gasteiger partial charge in [0.05, 0.1) is 0 Å². The summed E-state index contributed by atoms with van der Waals surface area (Å²) in [6, 6.07) is 0. The minimum atomic E-state index is -4.22. The molecule has 7 heteroatoms. The maximum atomic E-state index is 12.5. The van der Waals surface area contributed by atoms with Crippen LogP contribution in [0, 0.1) is 0 Å². The summed E-state index contributed by atoms with van der Waals surface area (Å²) in [7, 11) is 0. The van der Waals surface area contributed by atoms with E-state index < -0.39 is 11.7 Å². The molecule has 0 bridgehead atoms. The summed E-state index contributed by atoms with van der Waals surface area (Å²) >= 11 is 6.58. The van der Waals surface area contributed by atoms with Gasteiger partial charge in [-0.3, -0.25) is 0 Å². The van der Waals surface area contributed by atoms with E-state index >= 15 is 0 Å². The second kappa shape index (κ2) is 3.00. The lowest BCUT2D eigenvalue weighted by Gasteiger charge is -2.19. The van der Waals surface area contributed by atoms with E-state index in [1.165, 1.54) is 5.38 Å². The molecule has 1 N–H and O–H groups in total. The third-order valence-corrected chi connectivity index (χ3v) is 3.20. The second-order valence-electron chi connectivity index (χ2n) is 3.18. The van der Waals surface area contributed by atoms with Crippen LogP contribution in [-0.2, 0) is 0 Å². The van der Waals surface area contributed by atoms with Gasteiger partial charge in [-0.1, -0.05) is 11.6 Å². The molecule has 0 aromatic carbocycles. The number of nitrogens with one attached hydrogen (secondary N) is 1. The summed E-state index contributed by atoms with van der Waals surface area (Å²) < 4.78 is 37.4. The van der Waals surface area contributed by atoms with E-state index in [0.29, 0.717) is 0 Å². The van der Waals surface area contributed by atoms with Gasteiger partial charge in [0.15, 0.2) is 5.13 Å². The highest BCUT2D eigenvalue weighted by Gasteiger charge is 2.63. The van der Waals surface area contributed by atoms with Gasteiger partial charge in [-0.15, -0.1) is 11.3 Å². The minimum Gasteiger partial charge on any atom is -0.347 e. The van der Waals surface area contributed by atoms with Crippen LogP contribution < -0.4 is 5.32 Å². The third-order valence-electron chi connectivity index (χ3n) is 2.11. The van der Waals surface area contributed by atoms with Crippen molar-refractivity contribution in [1.82, 2.24) is 4.98 Å². The van der Waals surface area contributed by atoms with Gasteiger partial charge in [0.25, 0.3) is 0 Å². The van der Waals surface area contributed by atoms with Crippen molar-refractivity contribution in [3.63, 3.8) is 0 Å². The Morgan fingerprint density at radius 3 is 2.50 bits per heavy atom. The van der Waals surface area contributed by atoms with Crippen LogP contribution in [-0.4, -0.2) is 16.7 Å². The number of rotatable bonds is 2. The van der Waals surface area contributed by atoms with Crippen LogP contribution in [0.1, 0.15) is 12.8 Å². The molecule has 0 saturated heterocycles. The van der Waals surface area contributed by atoms with Crippen molar-refractivity contribution in [3.05, 3.63) is 10.5 Å². The first kappa shape index (κ1) is 10.0. The van der Waals surface area contributed by atoms with Crippen LogP contribution in [0.2, 0.25) is 5.15 Å². The fourth-order valence-corrected chi connectivity index (χ4v) is 2.06. The summed E-state index contributed by atoms with van der Waals surface area (Å²) in [5.74, 6) is 0. The van der Waals surface area contributed by atoms with E-state index in [1.807, 2.05) is 0 Å². The molecule has 0 atom stereocenters. The maximum absolute atomic E-state index is 12.5. The zero-order valence-corrected chi connectivity index (χ0v) is 8.43. The topological polar surface area (TPSA) is 24.9 Å². The van der Waals surface area contributed by atoms with Crippen LogP contribution in [0.5, 0.6) is 0 Å². The monoisotopic (exact) mass is 242 g/mol. The number of nitrogens with zero attached hydrogens (tertiary/aromatic N) is 1. The summed E-state index contributed by atoms with van der Waals surface area (Å²) in [5, 5.41) is 4.33. The molecule has 78 valence electrons. The standard InChI is InChI=1S/C7H6ClF3N2S/c8-4-3-14-5(12-4)13-6(1-2-6)7(9,10)11/h3H,1-2H2,(H,12,13). The van der Waals surface area contributed by atoms with Gasteiger partial charge >= 0.3 is 6.18 Å². The maximum Gasteiger partial charge on any atom is 0.411 e. The Kier molecular flexibility index (Phi) is 2.15. The molecule has 0 radical (unpaired) electrons. The first-order valence-corrected chi connectivity index (χ1v) is 5.15. The number of thiazole rings is 1. The average molecular weight is 243 g/mol. The Morgan fingerprint density at radius 2 is 2.14 bits per heavy atom. The van der Waals surface area contributed by atoms with E-state index in [4.69, 9.17) is 11.6 Å². The van der Waals surface area contributed by atoms with Crippen molar-refractivity contribution in [2.24, 2.45) is 0 Å². The van der Waals surface area contributed by atoms with Crippen molar-refractivity contribution in [1.29, 1.82) is 0 Å². The fraction of sp³-hybridized carbons (Fsp3) is 0.571. The van der Waals surface area contributed by atoms with Gasteiger partial charge in [-0.2, -0.15) is 13.2 Å². The lowest BCUT2D eigenvalue weighted by atomic mass is 10.3. The van der Waals surface area contributed by atoms with E-state index in [1.54, 1.807) is 0 Å². The minimum absolute atomic E-state index is 0.105. The smallest absolute Gasteiger partial charge is 0.347 e. The molecule has 0 spiro atoms. The molecule has 2 nitrogen and oxygen atoms in total. The lowest BCUT2D eigenvalue weighted by Crippen LogP contribution is -2.38. The zero-order valence-electron chi connectivity index (χ0n) is 6.86. The predicted molar refractivity (Wildman–Crippen MR) is 48.8 cm³/mol. The zero-order chi connectivity index (χ0) is 10.4. The summed E-state index contributed by atoms with van der Waals surface area (Å²) in [6.07, 6.45) is -4.01. The highest BCUT2D eigenvalue weighted by molar-refractivity contribution is 7.14. The first-order valence-electron chi connectivity index (χ1n) is 3.89. The summed E-state index contributed by atoms with van der Waals surface area (Å²) in [4.78, 5) is 3.72.